The second kappa shape index (κ2) is 7.35. The maximum Gasteiger partial charge on any atom is 0.257 e. The standard InChI is InChI=1S/C13H14FN3OS2/c1-2-3-7-19-13-17-16-12(20-13)15-11(18)9-5-4-6-10(14)8-9/h4-6,8H,2-3,7H2,1H3,(H,15,16,18). The van der Waals surface area contributed by atoms with Crippen LogP contribution in [0.1, 0.15) is 30.1 Å². The Hall–Kier alpha value is -1.47. The summed E-state index contributed by atoms with van der Waals surface area (Å²) in [5.41, 5.74) is 0.264. The lowest BCUT2D eigenvalue weighted by molar-refractivity contribution is 0.102. The zero-order chi connectivity index (χ0) is 14.4. The second-order valence-electron chi connectivity index (χ2n) is 4.04. The van der Waals surface area contributed by atoms with E-state index in [9.17, 15) is 9.18 Å². The molecule has 0 saturated heterocycles. The van der Waals surface area contributed by atoms with Gasteiger partial charge in [-0.2, -0.15) is 0 Å². The Morgan fingerprint density at radius 3 is 3.05 bits per heavy atom. The van der Waals surface area contributed by atoms with Gasteiger partial charge in [0.1, 0.15) is 5.82 Å². The summed E-state index contributed by atoms with van der Waals surface area (Å²) in [5.74, 6) is 0.166. The van der Waals surface area contributed by atoms with Crippen LogP contribution in [0.2, 0.25) is 0 Å². The number of thioether (sulfide) groups is 1. The van der Waals surface area contributed by atoms with E-state index < -0.39 is 5.82 Å². The topological polar surface area (TPSA) is 54.9 Å². The van der Waals surface area contributed by atoms with Crippen molar-refractivity contribution in [2.45, 2.75) is 24.1 Å². The van der Waals surface area contributed by atoms with E-state index >= 15 is 0 Å². The van der Waals surface area contributed by atoms with Crippen molar-refractivity contribution >= 4 is 34.1 Å². The van der Waals surface area contributed by atoms with Crippen LogP contribution >= 0.6 is 23.1 Å². The number of amides is 1. The number of carbonyl (C=O) groups excluding carboxylic acids is 1. The molecule has 0 atom stereocenters. The molecule has 0 saturated carbocycles. The summed E-state index contributed by atoms with van der Waals surface area (Å²) in [7, 11) is 0. The minimum absolute atomic E-state index is 0.264. The van der Waals surface area contributed by atoms with Gasteiger partial charge in [-0.15, -0.1) is 10.2 Å². The summed E-state index contributed by atoms with van der Waals surface area (Å²) >= 11 is 2.95. The van der Waals surface area contributed by atoms with E-state index in [0.717, 1.165) is 22.9 Å². The smallest absolute Gasteiger partial charge is 0.257 e. The van der Waals surface area contributed by atoms with Gasteiger partial charge in [0.15, 0.2) is 4.34 Å². The molecular weight excluding hydrogens is 297 g/mol. The second-order valence-corrected chi connectivity index (χ2v) is 6.36. The van der Waals surface area contributed by atoms with Gasteiger partial charge in [0, 0.05) is 11.3 Å². The monoisotopic (exact) mass is 311 g/mol. The Morgan fingerprint density at radius 2 is 2.30 bits per heavy atom. The highest BCUT2D eigenvalue weighted by Gasteiger charge is 2.10. The van der Waals surface area contributed by atoms with Crippen molar-refractivity contribution in [3.63, 3.8) is 0 Å². The molecule has 2 aromatic rings. The van der Waals surface area contributed by atoms with E-state index in [1.807, 2.05) is 0 Å². The number of aromatic nitrogens is 2. The molecule has 106 valence electrons. The van der Waals surface area contributed by atoms with Crippen LogP contribution in [0.3, 0.4) is 0 Å². The Morgan fingerprint density at radius 1 is 1.45 bits per heavy atom. The van der Waals surface area contributed by atoms with Crippen LogP contribution in [0.4, 0.5) is 9.52 Å². The lowest BCUT2D eigenvalue weighted by Gasteiger charge is -2.00. The third-order valence-electron chi connectivity index (χ3n) is 2.44. The van der Waals surface area contributed by atoms with E-state index in [0.29, 0.717) is 5.13 Å². The van der Waals surface area contributed by atoms with E-state index in [-0.39, 0.29) is 11.5 Å². The van der Waals surface area contributed by atoms with Gasteiger partial charge in [-0.3, -0.25) is 10.1 Å². The first-order valence-electron chi connectivity index (χ1n) is 6.22. The summed E-state index contributed by atoms with van der Waals surface area (Å²) in [6.07, 6.45) is 2.25. The fourth-order valence-electron chi connectivity index (χ4n) is 1.42. The normalized spacial score (nSPS) is 10.5. The van der Waals surface area contributed by atoms with Gasteiger partial charge in [0.05, 0.1) is 0 Å². The molecule has 1 amide bonds. The molecule has 0 aliphatic heterocycles. The molecule has 0 aliphatic rings. The lowest BCUT2D eigenvalue weighted by atomic mass is 10.2. The molecule has 0 radical (unpaired) electrons. The van der Waals surface area contributed by atoms with Gasteiger partial charge < -0.3 is 0 Å². The van der Waals surface area contributed by atoms with Gasteiger partial charge in [0.2, 0.25) is 5.13 Å². The van der Waals surface area contributed by atoms with E-state index in [1.165, 1.54) is 29.5 Å². The molecule has 1 aromatic carbocycles. The summed E-state index contributed by atoms with van der Waals surface area (Å²) in [6.45, 7) is 2.13. The quantitative estimate of drug-likeness (QED) is 0.500. The molecule has 20 heavy (non-hydrogen) atoms. The third-order valence-corrected chi connectivity index (χ3v) is 4.50. The van der Waals surface area contributed by atoms with Crippen LogP contribution in [-0.4, -0.2) is 21.9 Å². The Bertz CT molecular complexity index is 589. The van der Waals surface area contributed by atoms with Crippen LogP contribution in [0.15, 0.2) is 28.6 Å². The molecule has 1 heterocycles. The van der Waals surface area contributed by atoms with E-state index in [4.69, 9.17) is 0 Å². The summed E-state index contributed by atoms with van der Waals surface area (Å²) in [4.78, 5) is 11.9. The SMILES string of the molecule is CCCCSc1nnc(NC(=O)c2cccc(F)c2)s1. The van der Waals surface area contributed by atoms with Gasteiger partial charge in [-0.25, -0.2) is 4.39 Å². The number of unbranched alkanes of at least 4 members (excludes halogenated alkanes) is 1. The van der Waals surface area contributed by atoms with Crippen molar-refractivity contribution in [3.8, 4) is 0 Å². The van der Waals surface area contributed by atoms with Crippen LogP contribution in [0.25, 0.3) is 0 Å². The molecular formula is C13H14FN3OS2. The number of anilines is 1. The Kier molecular flexibility index (Phi) is 5.49. The number of benzene rings is 1. The predicted molar refractivity (Wildman–Crippen MR) is 79.9 cm³/mol. The van der Waals surface area contributed by atoms with Crippen LogP contribution in [-0.2, 0) is 0 Å². The molecule has 7 heteroatoms. The Balaban J connectivity index is 1.94. The highest BCUT2D eigenvalue weighted by Crippen LogP contribution is 2.26. The molecule has 0 bridgehead atoms. The third kappa shape index (κ3) is 4.28. The summed E-state index contributed by atoms with van der Waals surface area (Å²) < 4.78 is 13.9. The largest absolute Gasteiger partial charge is 0.296 e. The molecule has 0 fully saturated rings. The zero-order valence-corrected chi connectivity index (χ0v) is 12.6. The average Bonchev–Trinajstić information content (AvgIpc) is 2.86. The number of carbonyl (C=O) groups is 1. The summed E-state index contributed by atoms with van der Waals surface area (Å²) in [6, 6.07) is 5.53. The van der Waals surface area contributed by atoms with E-state index in [2.05, 4.69) is 22.4 Å². The van der Waals surface area contributed by atoms with Crippen LogP contribution < -0.4 is 5.32 Å². The fraction of sp³-hybridized carbons (Fsp3) is 0.308. The number of hydrogen-bond donors (Lipinski definition) is 1. The number of halogens is 1. The molecule has 1 aromatic heterocycles. The number of rotatable bonds is 6. The highest BCUT2D eigenvalue weighted by molar-refractivity contribution is 8.01. The van der Waals surface area contributed by atoms with Gasteiger partial charge in [-0.1, -0.05) is 42.5 Å². The molecule has 1 N–H and O–H groups in total. The Labute approximate surface area is 124 Å². The number of nitrogens with one attached hydrogen (secondary N) is 1. The van der Waals surface area contributed by atoms with Crippen molar-refractivity contribution in [2.75, 3.05) is 11.1 Å². The van der Waals surface area contributed by atoms with Crippen LogP contribution in [0.5, 0.6) is 0 Å². The average molecular weight is 311 g/mol. The minimum Gasteiger partial charge on any atom is -0.296 e. The first kappa shape index (κ1) is 14.9. The minimum atomic E-state index is -0.439. The van der Waals surface area contributed by atoms with Gasteiger partial charge in [0.25, 0.3) is 5.91 Å². The van der Waals surface area contributed by atoms with Crippen molar-refractivity contribution in [1.29, 1.82) is 0 Å². The van der Waals surface area contributed by atoms with Crippen molar-refractivity contribution in [2.24, 2.45) is 0 Å². The first-order chi connectivity index (χ1) is 9.69. The van der Waals surface area contributed by atoms with Crippen molar-refractivity contribution in [3.05, 3.63) is 35.6 Å². The van der Waals surface area contributed by atoms with Crippen molar-refractivity contribution < 1.29 is 9.18 Å². The molecule has 0 unspecified atom stereocenters. The highest BCUT2D eigenvalue weighted by atomic mass is 32.2. The summed E-state index contributed by atoms with van der Waals surface area (Å²) in [5, 5.41) is 11.0. The van der Waals surface area contributed by atoms with Crippen molar-refractivity contribution in [1.82, 2.24) is 10.2 Å². The molecule has 4 nitrogen and oxygen atoms in total. The first-order valence-corrected chi connectivity index (χ1v) is 8.02. The van der Waals surface area contributed by atoms with E-state index in [1.54, 1.807) is 17.8 Å². The number of nitrogens with zero attached hydrogens (tertiary/aromatic N) is 2. The maximum atomic E-state index is 13.0. The predicted octanol–water partition coefficient (Wildman–Crippen LogP) is 3.82. The molecule has 2 rings (SSSR count). The van der Waals surface area contributed by atoms with Gasteiger partial charge >= 0.3 is 0 Å². The maximum absolute atomic E-state index is 13.0. The number of hydrogen-bond acceptors (Lipinski definition) is 5. The molecule has 0 spiro atoms. The lowest BCUT2D eigenvalue weighted by Crippen LogP contribution is -2.11. The zero-order valence-electron chi connectivity index (χ0n) is 10.9. The van der Waals surface area contributed by atoms with Gasteiger partial charge in [-0.05, 0) is 24.6 Å². The molecule has 0 aliphatic carbocycles. The van der Waals surface area contributed by atoms with Crippen LogP contribution in [0, 0.1) is 5.82 Å². The fourth-order valence-corrected chi connectivity index (χ4v) is 3.32.